The number of urea groups is 1. The Morgan fingerprint density at radius 3 is 2.49 bits per heavy atom. The number of amides is 2. The van der Waals surface area contributed by atoms with E-state index in [1.54, 1.807) is 27.7 Å². The van der Waals surface area contributed by atoms with Crippen molar-refractivity contribution in [1.29, 1.82) is 0 Å². The number of para-hydroxylation sites is 1. The van der Waals surface area contributed by atoms with Gasteiger partial charge in [-0.2, -0.15) is 0 Å². The van der Waals surface area contributed by atoms with E-state index in [2.05, 4.69) is 10.6 Å². The van der Waals surface area contributed by atoms with Gasteiger partial charge in [0.05, 0.1) is 34.2 Å². The van der Waals surface area contributed by atoms with Gasteiger partial charge in [0.15, 0.2) is 0 Å². The molecule has 188 valence electrons. The molecule has 10 heteroatoms. The van der Waals surface area contributed by atoms with Crippen LogP contribution in [0.25, 0.3) is 5.69 Å². The quantitative estimate of drug-likeness (QED) is 0.299. The van der Waals surface area contributed by atoms with Crippen molar-refractivity contribution >= 4 is 52.5 Å². The Morgan fingerprint density at radius 2 is 1.73 bits per heavy atom. The van der Waals surface area contributed by atoms with Crippen LogP contribution >= 0.6 is 34.8 Å². The fourth-order valence-corrected chi connectivity index (χ4v) is 4.87. The molecule has 2 amide bonds. The number of anilines is 2. The van der Waals surface area contributed by atoms with Crippen molar-refractivity contribution < 1.29 is 4.79 Å². The summed E-state index contributed by atoms with van der Waals surface area (Å²) in [5.41, 5.74) is 2.99. The SMILES string of the molecule is O=C(Nc1ccc(Cl)cc1Cl)N1CCc2nc(NCc3cccc(Cl)c3)n(-c3ccccc3)c(=O)c2C1. The normalized spacial score (nSPS) is 12.7. The molecule has 4 aromatic rings. The molecule has 0 unspecified atom stereocenters. The number of nitrogens with zero attached hydrogens (tertiary/aromatic N) is 3. The number of fused-ring (bicyclic) bond motifs is 1. The van der Waals surface area contributed by atoms with Crippen molar-refractivity contribution in [3.8, 4) is 5.69 Å². The van der Waals surface area contributed by atoms with Crippen molar-refractivity contribution in [2.75, 3.05) is 17.2 Å². The molecular weight excluding hydrogens is 533 g/mol. The van der Waals surface area contributed by atoms with E-state index in [1.807, 2.05) is 54.6 Å². The second kappa shape index (κ2) is 10.8. The molecule has 0 atom stereocenters. The minimum atomic E-state index is -0.358. The molecule has 3 aromatic carbocycles. The van der Waals surface area contributed by atoms with Crippen LogP contribution in [0.1, 0.15) is 16.8 Å². The zero-order valence-corrected chi connectivity index (χ0v) is 21.8. The van der Waals surface area contributed by atoms with Gasteiger partial charge in [-0.3, -0.25) is 4.79 Å². The molecule has 0 aliphatic carbocycles. The standard InChI is InChI=1S/C27H22Cl3N5O2/c28-18-6-4-5-17(13-18)15-31-26-32-23-11-12-34(27(37)33-24-10-9-19(29)14-22(24)30)16-21(23)25(36)35(26)20-7-2-1-3-8-20/h1-10,13-14H,11-12,15-16H2,(H,31,32)(H,33,37). The molecule has 7 nitrogen and oxygen atoms in total. The van der Waals surface area contributed by atoms with E-state index in [0.717, 1.165) is 5.56 Å². The first kappa shape index (κ1) is 25.1. The molecule has 1 aliphatic rings. The number of nitrogens with one attached hydrogen (secondary N) is 2. The first-order valence-corrected chi connectivity index (χ1v) is 12.7. The van der Waals surface area contributed by atoms with Crippen LogP contribution in [0.2, 0.25) is 15.1 Å². The largest absolute Gasteiger partial charge is 0.351 e. The minimum absolute atomic E-state index is 0.125. The molecule has 0 saturated heterocycles. The third kappa shape index (κ3) is 5.59. The van der Waals surface area contributed by atoms with E-state index in [9.17, 15) is 9.59 Å². The lowest BCUT2D eigenvalue weighted by Gasteiger charge is -2.29. The number of carbonyl (C=O) groups excluding carboxylic acids is 1. The second-order valence-electron chi connectivity index (χ2n) is 8.55. The van der Waals surface area contributed by atoms with E-state index in [0.29, 0.717) is 63.2 Å². The lowest BCUT2D eigenvalue weighted by molar-refractivity contribution is 0.205. The predicted molar refractivity (Wildman–Crippen MR) is 148 cm³/mol. The Kier molecular flexibility index (Phi) is 7.37. The van der Waals surface area contributed by atoms with Gasteiger partial charge in [0.25, 0.3) is 5.56 Å². The summed E-state index contributed by atoms with van der Waals surface area (Å²) < 4.78 is 1.54. The van der Waals surface area contributed by atoms with Crippen LogP contribution in [0.15, 0.2) is 77.6 Å². The van der Waals surface area contributed by atoms with Gasteiger partial charge in [0.2, 0.25) is 5.95 Å². The summed E-state index contributed by atoms with van der Waals surface area (Å²) >= 11 is 18.3. The van der Waals surface area contributed by atoms with Crippen LogP contribution in [-0.4, -0.2) is 27.0 Å². The van der Waals surface area contributed by atoms with E-state index in [-0.39, 0.29) is 18.1 Å². The molecule has 0 spiro atoms. The van der Waals surface area contributed by atoms with Crippen LogP contribution in [0.4, 0.5) is 16.4 Å². The van der Waals surface area contributed by atoms with Crippen LogP contribution in [0, 0.1) is 0 Å². The Balaban J connectivity index is 1.45. The maximum absolute atomic E-state index is 13.8. The molecule has 0 fully saturated rings. The first-order valence-electron chi connectivity index (χ1n) is 11.6. The van der Waals surface area contributed by atoms with Gasteiger partial charge in [0, 0.05) is 29.6 Å². The molecule has 0 saturated carbocycles. The van der Waals surface area contributed by atoms with Crippen LogP contribution in [0.3, 0.4) is 0 Å². The Morgan fingerprint density at radius 1 is 0.946 bits per heavy atom. The summed E-state index contributed by atoms with van der Waals surface area (Å²) in [6.07, 6.45) is 0.438. The van der Waals surface area contributed by atoms with Crippen LogP contribution in [0.5, 0.6) is 0 Å². The van der Waals surface area contributed by atoms with E-state index >= 15 is 0 Å². The first-order chi connectivity index (χ1) is 17.9. The Labute approximate surface area is 228 Å². The van der Waals surface area contributed by atoms with Crippen LogP contribution in [-0.2, 0) is 19.5 Å². The molecule has 0 bridgehead atoms. The van der Waals surface area contributed by atoms with Crippen molar-refractivity contribution in [2.24, 2.45) is 0 Å². The Bertz CT molecular complexity index is 1520. The van der Waals surface area contributed by atoms with Crippen LogP contribution < -0.4 is 16.2 Å². The second-order valence-corrected chi connectivity index (χ2v) is 9.83. The fraction of sp³-hybridized carbons (Fsp3) is 0.148. The monoisotopic (exact) mass is 553 g/mol. The molecule has 37 heavy (non-hydrogen) atoms. The number of benzene rings is 3. The summed E-state index contributed by atoms with van der Waals surface area (Å²) in [7, 11) is 0. The number of hydrogen-bond donors (Lipinski definition) is 2. The summed E-state index contributed by atoms with van der Waals surface area (Å²) in [5, 5.41) is 7.55. The number of halogens is 3. The summed E-state index contributed by atoms with van der Waals surface area (Å²) in [4.78, 5) is 33.2. The smallest absolute Gasteiger partial charge is 0.322 e. The highest BCUT2D eigenvalue weighted by Crippen LogP contribution is 2.26. The maximum atomic E-state index is 13.8. The van der Waals surface area contributed by atoms with Crippen molar-refractivity contribution in [3.05, 3.63) is 115 Å². The van der Waals surface area contributed by atoms with Crippen molar-refractivity contribution in [1.82, 2.24) is 14.5 Å². The highest BCUT2D eigenvalue weighted by molar-refractivity contribution is 6.36. The average molecular weight is 555 g/mol. The topological polar surface area (TPSA) is 79.3 Å². The van der Waals surface area contributed by atoms with Crippen molar-refractivity contribution in [3.63, 3.8) is 0 Å². The zero-order valence-electron chi connectivity index (χ0n) is 19.5. The molecule has 1 aliphatic heterocycles. The number of rotatable bonds is 5. The third-order valence-electron chi connectivity index (χ3n) is 6.04. The summed E-state index contributed by atoms with van der Waals surface area (Å²) in [5.74, 6) is 0.431. The lowest BCUT2D eigenvalue weighted by atomic mass is 10.1. The number of hydrogen-bond acceptors (Lipinski definition) is 4. The fourth-order valence-electron chi connectivity index (χ4n) is 4.20. The van der Waals surface area contributed by atoms with E-state index < -0.39 is 0 Å². The highest BCUT2D eigenvalue weighted by Gasteiger charge is 2.27. The summed E-state index contributed by atoms with van der Waals surface area (Å²) in [6.45, 7) is 0.966. The van der Waals surface area contributed by atoms with E-state index in [1.165, 1.54) is 0 Å². The molecule has 2 N–H and O–H groups in total. The average Bonchev–Trinajstić information content (AvgIpc) is 2.89. The molecule has 5 rings (SSSR count). The van der Waals surface area contributed by atoms with Crippen molar-refractivity contribution in [2.45, 2.75) is 19.5 Å². The van der Waals surface area contributed by atoms with Gasteiger partial charge >= 0.3 is 6.03 Å². The maximum Gasteiger partial charge on any atom is 0.322 e. The van der Waals surface area contributed by atoms with Gasteiger partial charge in [-0.1, -0.05) is 65.1 Å². The predicted octanol–water partition coefficient (Wildman–Crippen LogP) is 6.40. The Hall–Kier alpha value is -3.52. The van der Waals surface area contributed by atoms with Gasteiger partial charge in [-0.25, -0.2) is 14.3 Å². The molecule has 1 aromatic heterocycles. The van der Waals surface area contributed by atoms with Gasteiger partial charge in [-0.05, 0) is 48.0 Å². The highest BCUT2D eigenvalue weighted by atomic mass is 35.5. The molecule has 0 radical (unpaired) electrons. The lowest BCUT2D eigenvalue weighted by Crippen LogP contribution is -2.43. The van der Waals surface area contributed by atoms with Gasteiger partial charge in [-0.15, -0.1) is 0 Å². The van der Waals surface area contributed by atoms with Gasteiger partial charge in [0.1, 0.15) is 0 Å². The minimum Gasteiger partial charge on any atom is -0.351 e. The van der Waals surface area contributed by atoms with Gasteiger partial charge < -0.3 is 15.5 Å². The van der Waals surface area contributed by atoms with E-state index in [4.69, 9.17) is 39.8 Å². The zero-order chi connectivity index (χ0) is 25.9. The summed E-state index contributed by atoms with van der Waals surface area (Å²) in [6, 6.07) is 21.3. The molecule has 2 heterocycles. The molecular formula is C27H22Cl3N5O2. The number of aromatic nitrogens is 2. The number of carbonyl (C=O) groups is 1. The third-order valence-corrected chi connectivity index (χ3v) is 6.83.